The van der Waals surface area contributed by atoms with Crippen molar-refractivity contribution in [2.75, 3.05) is 32.7 Å². The van der Waals surface area contributed by atoms with Crippen LogP contribution in [0, 0.1) is 11.6 Å². The minimum atomic E-state index is -3.99. The van der Waals surface area contributed by atoms with Gasteiger partial charge in [0.2, 0.25) is 10.0 Å². The van der Waals surface area contributed by atoms with E-state index >= 15 is 0 Å². The molecular weight excluding hydrogens is 310 g/mol. The van der Waals surface area contributed by atoms with Gasteiger partial charge >= 0.3 is 0 Å². The van der Waals surface area contributed by atoms with Crippen LogP contribution in [-0.4, -0.2) is 50.3 Å². The van der Waals surface area contributed by atoms with Crippen LogP contribution in [0.2, 0.25) is 0 Å². The molecule has 0 aromatic heterocycles. The van der Waals surface area contributed by atoms with Crippen molar-refractivity contribution in [3.05, 3.63) is 41.5 Å². The van der Waals surface area contributed by atoms with E-state index in [0.29, 0.717) is 13.1 Å². The Balaban J connectivity index is 2.10. The van der Waals surface area contributed by atoms with Gasteiger partial charge in [0.1, 0.15) is 16.5 Å². The molecule has 0 radical (unpaired) electrons. The van der Waals surface area contributed by atoms with Gasteiger partial charge in [0.05, 0.1) is 0 Å². The molecule has 1 aliphatic heterocycles. The predicted molar refractivity (Wildman–Crippen MR) is 81.0 cm³/mol. The lowest BCUT2D eigenvalue weighted by Gasteiger charge is -2.33. The van der Waals surface area contributed by atoms with Gasteiger partial charge in [-0.2, -0.15) is 4.31 Å². The van der Waals surface area contributed by atoms with Crippen LogP contribution < -0.4 is 0 Å². The standard InChI is InChI=1S/C15H20F2N2O2S/c1-12(2)5-6-18-7-9-19(10-8-18)22(20,21)15-11-13(16)3-4-14(15)17/h3-5,11H,6-10H2,1-2H3. The van der Waals surface area contributed by atoms with Crippen LogP contribution in [0.25, 0.3) is 0 Å². The maximum atomic E-state index is 13.7. The Morgan fingerprint density at radius 3 is 2.41 bits per heavy atom. The zero-order chi connectivity index (χ0) is 16.3. The van der Waals surface area contributed by atoms with Gasteiger partial charge in [0, 0.05) is 32.7 Å². The lowest BCUT2D eigenvalue weighted by Crippen LogP contribution is -2.48. The topological polar surface area (TPSA) is 40.6 Å². The highest BCUT2D eigenvalue weighted by atomic mass is 32.2. The normalized spacial score (nSPS) is 17.5. The molecule has 2 rings (SSSR count). The van der Waals surface area contributed by atoms with Gasteiger partial charge in [0.25, 0.3) is 0 Å². The molecule has 122 valence electrons. The lowest BCUT2D eigenvalue weighted by atomic mass is 10.3. The highest BCUT2D eigenvalue weighted by molar-refractivity contribution is 7.89. The number of piperazine rings is 1. The molecule has 1 aromatic carbocycles. The summed E-state index contributed by atoms with van der Waals surface area (Å²) >= 11 is 0. The smallest absolute Gasteiger partial charge is 0.246 e. The van der Waals surface area contributed by atoms with Crippen molar-refractivity contribution >= 4 is 10.0 Å². The number of allylic oxidation sites excluding steroid dienone is 1. The van der Waals surface area contributed by atoms with Crippen molar-refractivity contribution in [1.82, 2.24) is 9.21 Å². The number of sulfonamides is 1. The first-order chi connectivity index (χ1) is 10.3. The first kappa shape index (κ1) is 17.1. The number of hydrogen-bond donors (Lipinski definition) is 0. The molecule has 1 heterocycles. The number of hydrogen-bond acceptors (Lipinski definition) is 3. The predicted octanol–water partition coefficient (Wildman–Crippen LogP) is 2.24. The summed E-state index contributed by atoms with van der Waals surface area (Å²) in [5, 5.41) is 0. The summed E-state index contributed by atoms with van der Waals surface area (Å²) in [5.41, 5.74) is 1.21. The Morgan fingerprint density at radius 2 is 1.82 bits per heavy atom. The van der Waals surface area contributed by atoms with Gasteiger partial charge < -0.3 is 0 Å². The molecular formula is C15H20F2N2O2S. The molecule has 0 unspecified atom stereocenters. The van der Waals surface area contributed by atoms with Crippen molar-refractivity contribution in [1.29, 1.82) is 0 Å². The summed E-state index contributed by atoms with van der Waals surface area (Å²) in [4.78, 5) is 1.53. The Labute approximate surface area is 130 Å². The van der Waals surface area contributed by atoms with Crippen LogP contribution in [0.3, 0.4) is 0 Å². The van der Waals surface area contributed by atoms with E-state index in [4.69, 9.17) is 0 Å². The van der Waals surface area contributed by atoms with Gasteiger partial charge in [-0.05, 0) is 32.0 Å². The van der Waals surface area contributed by atoms with Gasteiger partial charge in [-0.1, -0.05) is 11.6 Å². The Morgan fingerprint density at radius 1 is 1.18 bits per heavy atom. The van der Waals surface area contributed by atoms with Crippen molar-refractivity contribution in [3.63, 3.8) is 0 Å². The molecule has 1 fully saturated rings. The van der Waals surface area contributed by atoms with Crippen LogP contribution in [0.5, 0.6) is 0 Å². The molecule has 0 N–H and O–H groups in total. The fraction of sp³-hybridized carbons (Fsp3) is 0.467. The quantitative estimate of drug-likeness (QED) is 0.795. The van der Waals surface area contributed by atoms with Gasteiger partial charge in [-0.25, -0.2) is 17.2 Å². The van der Waals surface area contributed by atoms with E-state index in [0.717, 1.165) is 24.7 Å². The third-order valence-electron chi connectivity index (χ3n) is 3.60. The van der Waals surface area contributed by atoms with Crippen LogP contribution in [0.4, 0.5) is 8.78 Å². The average Bonchev–Trinajstić information content (AvgIpc) is 2.48. The summed E-state index contributed by atoms with van der Waals surface area (Å²) in [6.45, 7) is 6.47. The summed E-state index contributed by atoms with van der Waals surface area (Å²) in [7, 11) is -3.99. The second kappa shape index (κ2) is 6.85. The van der Waals surface area contributed by atoms with Crippen LogP contribution >= 0.6 is 0 Å². The lowest BCUT2D eigenvalue weighted by molar-refractivity contribution is 0.204. The summed E-state index contributed by atoms with van der Waals surface area (Å²) in [6, 6.07) is 2.49. The van der Waals surface area contributed by atoms with Crippen LogP contribution in [0.1, 0.15) is 13.8 Å². The minimum Gasteiger partial charge on any atom is -0.297 e. The summed E-state index contributed by atoms with van der Waals surface area (Å²) < 4.78 is 53.0. The highest BCUT2D eigenvalue weighted by Gasteiger charge is 2.30. The average molecular weight is 330 g/mol. The van der Waals surface area contributed by atoms with E-state index in [2.05, 4.69) is 11.0 Å². The van der Waals surface area contributed by atoms with Crippen molar-refractivity contribution in [3.8, 4) is 0 Å². The molecule has 0 amide bonds. The number of benzene rings is 1. The first-order valence-corrected chi connectivity index (χ1v) is 8.55. The van der Waals surface area contributed by atoms with Gasteiger partial charge in [0.15, 0.2) is 0 Å². The second-order valence-corrected chi connectivity index (χ2v) is 7.47. The monoisotopic (exact) mass is 330 g/mol. The summed E-state index contributed by atoms with van der Waals surface area (Å²) in [6.07, 6.45) is 2.08. The van der Waals surface area contributed by atoms with E-state index < -0.39 is 26.6 Å². The maximum absolute atomic E-state index is 13.7. The van der Waals surface area contributed by atoms with E-state index in [9.17, 15) is 17.2 Å². The van der Waals surface area contributed by atoms with E-state index in [1.807, 2.05) is 13.8 Å². The SMILES string of the molecule is CC(C)=CCN1CCN(S(=O)(=O)c2cc(F)ccc2F)CC1. The largest absolute Gasteiger partial charge is 0.297 e. The Bertz CT molecular complexity index is 662. The third kappa shape index (κ3) is 3.91. The van der Waals surface area contributed by atoms with Crippen molar-refractivity contribution in [2.45, 2.75) is 18.7 Å². The minimum absolute atomic E-state index is 0.273. The Hall–Kier alpha value is -1.31. The number of halogens is 2. The summed E-state index contributed by atoms with van der Waals surface area (Å²) in [5.74, 6) is -1.68. The maximum Gasteiger partial charge on any atom is 0.246 e. The number of rotatable bonds is 4. The molecule has 0 saturated carbocycles. The molecule has 0 atom stereocenters. The Kier molecular flexibility index (Phi) is 5.31. The molecule has 1 saturated heterocycles. The molecule has 0 bridgehead atoms. The molecule has 22 heavy (non-hydrogen) atoms. The molecule has 4 nitrogen and oxygen atoms in total. The molecule has 1 aliphatic rings. The highest BCUT2D eigenvalue weighted by Crippen LogP contribution is 2.21. The van der Waals surface area contributed by atoms with E-state index in [1.165, 1.54) is 9.88 Å². The number of nitrogens with zero attached hydrogens (tertiary/aromatic N) is 2. The van der Waals surface area contributed by atoms with Gasteiger partial charge in [-0.3, -0.25) is 4.90 Å². The van der Waals surface area contributed by atoms with Crippen molar-refractivity contribution in [2.24, 2.45) is 0 Å². The fourth-order valence-electron chi connectivity index (χ4n) is 2.28. The molecule has 0 spiro atoms. The molecule has 0 aliphatic carbocycles. The van der Waals surface area contributed by atoms with Crippen LogP contribution in [0.15, 0.2) is 34.7 Å². The van der Waals surface area contributed by atoms with E-state index in [-0.39, 0.29) is 13.1 Å². The molecule has 7 heteroatoms. The zero-order valence-electron chi connectivity index (χ0n) is 12.7. The van der Waals surface area contributed by atoms with Crippen LogP contribution in [-0.2, 0) is 10.0 Å². The zero-order valence-corrected chi connectivity index (χ0v) is 13.5. The van der Waals surface area contributed by atoms with Gasteiger partial charge in [-0.15, -0.1) is 0 Å². The van der Waals surface area contributed by atoms with Crippen molar-refractivity contribution < 1.29 is 17.2 Å². The first-order valence-electron chi connectivity index (χ1n) is 7.11. The fourth-order valence-corrected chi connectivity index (χ4v) is 3.78. The third-order valence-corrected chi connectivity index (χ3v) is 5.51. The molecule has 1 aromatic rings. The van der Waals surface area contributed by atoms with E-state index in [1.54, 1.807) is 0 Å². The second-order valence-electron chi connectivity index (χ2n) is 5.56.